The van der Waals surface area contributed by atoms with E-state index in [1.807, 2.05) is 41.3 Å². The number of aromatic nitrogens is 4. The Hall–Kier alpha value is -4.59. The number of carbonyl (C=O) groups is 1. The van der Waals surface area contributed by atoms with Gasteiger partial charge in [-0.3, -0.25) is 14.4 Å². The highest BCUT2D eigenvalue weighted by Crippen LogP contribution is 2.38. The maximum absolute atomic E-state index is 12.0. The number of para-hydroxylation sites is 1. The number of fused-ring (bicyclic) bond motifs is 1. The minimum atomic E-state index is -1.10. The van der Waals surface area contributed by atoms with Crippen molar-refractivity contribution in [3.63, 3.8) is 0 Å². The van der Waals surface area contributed by atoms with Crippen molar-refractivity contribution in [1.29, 1.82) is 0 Å². The molecular formula is C26H23ClN8O2. The van der Waals surface area contributed by atoms with Crippen LogP contribution in [0.2, 0.25) is 5.15 Å². The number of hydrogen-bond donors (Lipinski definition) is 3. The van der Waals surface area contributed by atoms with Gasteiger partial charge >= 0.3 is 0 Å². The monoisotopic (exact) mass is 514 g/mol. The summed E-state index contributed by atoms with van der Waals surface area (Å²) in [7, 11) is 1.76. The molecule has 1 aliphatic rings. The normalized spacial score (nSPS) is 14.4. The lowest BCUT2D eigenvalue weighted by atomic mass is 10.1. The van der Waals surface area contributed by atoms with Crippen molar-refractivity contribution in [3.8, 4) is 11.8 Å². The van der Waals surface area contributed by atoms with E-state index >= 15 is 0 Å². The lowest BCUT2D eigenvalue weighted by molar-refractivity contribution is -0.111. The van der Waals surface area contributed by atoms with Gasteiger partial charge in [0.1, 0.15) is 5.82 Å². The molecule has 5 rings (SSSR count). The molecule has 1 amide bonds. The molecule has 37 heavy (non-hydrogen) atoms. The average Bonchev–Trinajstić information content (AvgIpc) is 3.20. The van der Waals surface area contributed by atoms with E-state index in [-0.39, 0.29) is 5.15 Å². The number of nitrogens with one attached hydrogen (secondary N) is 2. The Morgan fingerprint density at radius 3 is 2.68 bits per heavy atom. The predicted molar refractivity (Wildman–Crippen MR) is 143 cm³/mol. The molecule has 3 N–H and O–H groups in total. The quantitative estimate of drug-likeness (QED) is 0.343. The molecule has 0 saturated heterocycles. The molecule has 2 aromatic heterocycles. The minimum Gasteiger partial charge on any atom is -0.356 e. The first kappa shape index (κ1) is 24.1. The van der Waals surface area contributed by atoms with Crippen LogP contribution in [0, 0.1) is 11.8 Å². The number of rotatable bonds is 5. The second-order valence-electron chi connectivity index (χ2n) is 8.23. The van der Waals surface area contributed by atoms with Crippen LogP contribution in [-0.4, -0.2) is 37.1 Å². The Balaban J connectivity index is 1.57. The van der Waals surface area contributed by atoms with E-state index in [0.717, 1.165) is 11.3 Å². The number of benzene rings is 2. The zero-order valence-electron chi connectivity index (χ0n) is 20.1. The summed E-state index contributed by atoms with van der Waals surface area (Å²) in [6, 6.07) is 16.7. The van der Waals surface area contributed by atoms with Crippen LogP contribution < -0.4 is 20.4 Å². The van der Waals surface area contributed by atoms with E-state index < -0.39 is 12.3 Å². The van der Waals surface area contributed by atoms with Crippen LogP contribution in [0.25, 0.3) is 0 Å². The fourth-order valence-electron chi connectivity index (χ4n) is 4.07. The van der Waals surface area contributed by atoms with Crippen molar-refractivity contribution in [3.05, 3.63) is 77.7 Å². The third-order valence-corrected chi connectivity index (χ3v) is 5.94. The summed E-state index contributed by atoms with van der Waals surface area (Å²) in [4.78, 5) is 24.8. The Kier molecular flexibility index (Phi) is 6.64. The first-order valence-electron chi connectivity index (χ1n) is 11.4. The summed E-state index contributed by atoms with van der Waals surface area (Å²) in [5.74, 6) is 5.43. The molecule has 0 fully saturated rings. The number of amides is 1. The van der Waals surface area contributed by atoms with Crippen molar-refractivity contribution < 1.29 is 9.90 Å². The molecule has 11 heteroatoms. The van der Waals surface area contributed by atoms with Crippen LogP contribution in [0.15, 0.2) is 67.0 Å². The van der Waals surface area contributed by atoms with Crippen LogP contribution in [-0.2, 0) is 18.4 Å². The highest BCUT2D eigenvalue weighted by Gasteiger charge is 2.34. The fraction of sp³-hybridized carbons (Fsp3) is 0.154. The lowest BCUT2D eigenvalue weighted by Gasteiger charge is -2.43. The van der Waals surface area contributed by atoms with Gasteiger partial charge < -0.3 is 20.6 Å². The summed E-state index contributed by atoms with van der Waals surface area (Å²) in [5.41, 5.74) is 3.33. The molecule has 1 aliphatic heterocycles. The number of halogens is 1. The van der Waals surface area contributed by atoms with E-state index in [1.165, 1.54) is 0 Å². The van der Waals surface area contributed by atoms with Crippen molar-refractivity contribution in [2.45, 2.75) is 19.8 Å². The van der Waals surface area contributed by atoms with E-state index in [4.69, 9.17) is 16.6 Å². The molecule has 1 unspecified atom stereocenters. The van der Waals surface area contributed by atoms with E-state index in [0.29, 0.717) is 35.4 Å². The van der Waals surface area contributed by atoms with Gasteiger partial charge in [-0.1, -0.05) is 41.8 Å². The van der Waals surface area contributed by atoms with E-state index in [2.05, 4.69) is 32.6 Å². The van der Waals surface area contributed by atoms with Crippen molar-refractivity contribution in [1.82, 2.24) is 19.7 Å². The molecule has 4 aromatic rings. The Labute approximate surface area is 218 Å². The molecule has 10 nitrogen and oxygen atoms in total. The first-order valence-corrected chi connectivity index (χ1v) is 11.8. The summed E-state index contributed by atoms with van der Waals surface area (Å²) >= 11 is 6.20. The Morgan fingerprint density at radius 1 is 1.16 bits per heavy atom. The molecule has 0 saturated carbocycles. The van der Waals surface area contributed by atoms with Gasteiger partial charge in [-0.25, -0.2) is 4.98 Å². The third kappa shape index (κ3) is 5.04. The highest BCUT2D eigenvalue weighted by atomic mass is 35.5. The standard InChI is InChI=1S/C26H23ClN8O2/c1-3-8-22(36)29-18-9-7-12-20(13-18)35-24-17(15-34(26(35)37)19-10-5-4-6-11-19)14-28-25(31-24)30-21-16-33(2)32-23(21)27/h4-7,9-14,16,26,37H,15H2,1-2H3,(H,29,36)(H,28,30,31). The van der Waals surface area contributed by atoms with Crippen LogP contribution in [0.4, 0.5) is 34.5 Å². The Bertz CT molecular complexity index is 1510. The number of nitrogens with zero attached hydrogens (tertiary/aromatic N) is 6. The third-order valence-electron chi connectivity index (χ3n) is 5.66. The maximum atomic E-state index is 12.0. The molecule has 0 bridgehead atoms. The molecule has 0 aliphatic carbocycles. The van der Waals surface area contributed by atoms with Gasteiger partial charge in [0.05, 0.1) is 12.2 Å². The number of anilines is 6. The SMILES string of the molecule is CC#CC(=O)Nc1cccc(N2c3nc(Nc4cn(C)nc4Cl)ncc3CN(c3ccccc3)C2O)c1. The molecule has 0 spiro atoms. The van der Waals surface area contributed by atoms with Crippen LogP contribution in [0.5, 0.6) is 0 Å². The predicted octanol–water partition coefficient (Wildman–Crippen LogP) is 4.00. The van der Waals surface area contributed by atoms with Gasteiger partial charge in [0.25, 0.3) is 5.91 Å². The molecule has 2 aromatic carbocycles. The molecular weight excluding hydrogens is 492 g/mol. The average molecular weight is 515 g/mol. The summed E-state index contributed by atoms with van der Waals surface area (Å²) in [6.07, 6.45) is 2.34. The summed E-state index contributed by atoms with van der Waals surface area (Å²) in [6.45, 7) is 1.98. The van der Waals surface area contributed by atoms with Gasteiger partial charge in [0, 0.05) is 42.1 Å². The number of aliphatic hydroxyl groups excluding tert-OH is 1. The van der Waals surface area contributed by atoms with Crippen LogP contribution in [0.1, 0.15) is 12.5 Å². The van der Waals surface area contributed by atoms with Gasteiger partial charge in [0.15, 0.2) is 5.15 Å². The number of aliphatic hydroxyl groups is 1. The van der Waals surface area contributed by atoms with Gasteiger partial charge in [0.2, 0.25) is 12.3 Å². The smallest absolute Gasteiger partial charge is 0.300 e. The number of carbonyl (C=O) groups excluding carboxylic acids is 1. The summed E-state index contributed by atoms with van der Waals surface area (Å²) in [5, 5.41) is 21.8. The largest absolute Gasteiger partial charge is 0.356 e. The fourth-order valence-corrected chi connectivity index (χ4v) is 4.28. The molecule has 0 radical (unpaired) electrons. The number of hydrogen-bond acceptors (Lipinski definition) is 8. The van der Waals surface area contributed by atoms with Crippen molar-refractivity contribution in [2.24, 2.45) is 7.05 Å². The lowest BCUT2D eigenvalue weighted by Crippen LogP contribution is -2.50. The number of aryl methyl sites for hydroxylation is 1. The van der Waals surface area contributed by atoms with Gasteiger partial charge in [-0.15, -0.1) is 0 Å². The maximum Gasteiger partial charge on any atom is 0.300 e. The summed E-state index contributed by atoms with van der Waals surface area (Å²) < 4.78 is 1.58. The molecule has 1 atom stereocenters. The second kappa shape index (κ2) is 10.2. The molecule has 186 valence electrons. The van der Waals surface area contributed by atoms with Crippen LogP contribution in [0.3, 0.4) is 0 Å². The first-order chi connectivity index (χ1) is 17.9. The van der Waals surface area contributed by atoms with Crippen LogP contribution >= 0.6 is 11.6 Å². The topological polar surface area (TPSA) is 111 Å². The highest BCUT2D eigenvalue weighted by molar-refractivity contribution is 6.32. The van der Waals surface area contributed by atoms with Crippen molar-refractivity contribution >= 4 is 52.0 Å². The Morgan fingerprint density at radius 2 is 1.95 bits per heavy atom. The molecule has 3 heterocycles. The van der Waals surface area contributed by atoms with Crippen molar-refractivity contribution in [2.75, 3.05) is 20.4 Å². The minimum absolute atomic E-state index is 0.287. The zero-order chi connectivity index (χ0) is 25.9. The second-order valence-corrected chi connectivity index (χ2v) is 8.59. The van der Waals surface area contributed by atoms with E-state index in [1.54, 1.807) is 54.1 Å². The van der Waals surface area contributed by atoms with E-state index in [9.17, 15) is 9.90 Å². The van der Waals surface area contributed by atoms with Gasteiger partial charge in [-0.05, 0) is 43.2 Å². The van der Waals surface area contributed by atoms with Gasteiger partial charge in [-0.2, -0.15) is 10.1 Å². The zero-order valence-corrected chi connectivity index (χ0v) is 20.8.